The zero-order valence-corrected chi connectivity index (χ0v) is 19.4. The van der Waals surface area contributed by atoms with Gasteiger partial charge in [0.2, 0.25) is 0 Å². The van der Waals surface area contributed by atoms with E-state index in [4.69, 9.17) is 4.74 Å². The van der Waals surface area contributed by atoms with Crippen LogP contribution in [0.4, 0.5) is 23.7 Å². The van der Waals surface area contributed by atoms with E-state index in [2.05, 4.69) is 25.5 Å². The number of rotatable bonds is 6. The SMILES string of the molecule is CC(C)(C)OC(=O)NCc1nn(-c2ccc(OC(F)(F)F)cc2)c2nccc(NC3CC(O)C3)c12. The summed E-state index contributed by atoms with van der Waals surface area (Å²) in [6, 6.07) is 7.09. The zero-order chi connectivity index (χ0) is 25.4. The number of carbonyl (C=O) groups excluding carboxylic acids is 1. The molecule has 12 heteroatoms. The molecule has 1 aliphatic rings. The van der Waals surface area contributed by atoms with Crippen molar-refractivity contribution >= 4 is 22.8 Å². The number of aliphatic hydroxyl groups excluding tert-OH is 1. The van der Waals surface area contributed by atoms with Crippen LogP contribution < -0.4 is 15.4 Å². The maximum atomic E-state index is 12.5. The Labute approximate surface area is 199 Å². The summed E-state index contributed by atoms with van der Waals surface area (Å²) in [5, 5.41) is 20.9. The van der Waals surface area contributed by atoms with Crippen LogP contribution >= 0.6 is 0 Å². The van der Waals surface area contributed by atoms with Gasteiger partial charge in [0.25, 0.3) is 0 Å². The number of alkyl carbamates (subject to hydrolysis) is 1. The number of halogens is 3. The van der Waals surface area contributed by atoms with Gasteiger partial charge in [0.1, 0.15) is 11.4 Å². The Kier molecular flexibility index (Phi) is 6.50. The van der Waals surface area contributed by atoms with Crippen LogP contribution in [0.5, 0.6) is 5.75 Å². The molecule has 1 aliphatic carbocycles. The Balaban J connectivity index is 1.67. The molecule has 3 N–H and O–H groups in total. The number of nitrogens with zero attached hydrogens (tertiary/aromatic N) is 3. The summed E-state index contributed by atoms with van der Waals surface area (Å²) in [6.07, 6.45) is -2.97. The fraction of sp³-hybridized carbons (Fsp3) is 0.435. The van der Waals surface area contributed by atoms with Crippen LogP contribution in [0, 0.1) is 0 Å². The highest BCUT2D eigenvalue weighted by Crippen LogP contribution is 2.32. The van der Waals surface area contributed by atoms with E-state index in [0.29, 0.717) is 35.3 Å². The summed E-state index contributed by atoms with van der Waals surface area (Å²) < 4.78 is 48.3. The monoisotopic (exact) mass is 493 g/mol. The molecule has 9 nitrogen and oxygen atoms in total. The predicted octanol–water partition coefficient (Wildman–Crippen LogP) is 4.28. The summed E-state index contributed by atoms with van der Waals surface area (Å²) in [5.74, 6) is -0.358. The quantitative estimate of drug-likeness (QED) is 0.470. The number of ether oxygens (including phenoxy) is 2. The number of carbonyl (C=O) groups is 1. The number of amides is 1. The molecule has 188 valence electrons. The van der Waals surface area contributed by atoms with Crippen molar-refractivity contribution in [3.63, 3.8) is 0 Å². The molecule has 4 rings (SSSR count). The summed E-state index contributed by atoms with van der Waals surface area (Å²) in [7, 11) is 0. The third kappa shape index (κ3) is 6.13. The Morgan fingerprint density at radius 1 is 1.17 bits per heavy atom. The molecule has 0 atom stereocenters. The molecule has 2 heterocycles. The van der Waals surface area contributed by atoms with Crippen LogP contribution in [0.25, 0.3) is 16.7 Å². The molecule has 1 saturated carbocycles. The second-order valence-corrected chi connectivity index (χ2v) is 9.28. The van der Waals surface area contributed by atoms with Crippen LogP contribution in [0.15, 0.2) is 36.5 Å². The minimum atomic E-state index is -4.79. The minimum Gasteiger partial charge on any atom is -0.444 e. The molecule has 35 heavy (non-hydrogen) atoms. The van der Waals surface area contributed by atoms with Crippen molar-refractivity contribution in [2.45, 2.75) is 64.3 Å². The van der Waals surface area contributed by atoms with E-state index in [9.17, 15) is 23.1 Å². The minimum absolute atomic E-state index is 0.0291. The number of alkyl halides is 3. The number of hydrogen-bond acceptors (Lipinski definition) is 7. The number of pyridine rings is 1. The van der Waals surface area contributed by atoms with E-state index in [1.54, 1.807) is 33.0 Å². The molecular weight excluding hydrogens is 467 g/mol. The van der Waals surface area contributed by atoms with Crippen LogP contribution in [-0.4, -0.2) is 50.1 Å². The Morgan fingerprint density at radius 3 is 2.46 bits per heavy atom. The third-order valence-electron chi connectivity index (χ3n) is 5.23. The first-order valence-electron chi connectivity index (χ1n) is 11.0. The molecule has 0 saturated heterocycles. The second-order valence-electron chi connectivity index (χ2n) is 9.28. The molecule has 0 unspecified atom stereocenters. The molecular formula is C23H26F3N5O4. The third-order valence-corrected chi connectivity index (χ3v) is 5.23. The number of fused-ring (bicyclic) bond motifs is 1. The average Bonchev–Trinajstić information content (AvgIpc) is 3.09. The molecule has 0 radical (unpaired) electrons. The fourth-order valence-electron chi connectivity index (χ4n) is 3.72. The first-order chi connectivity index (χ1) is 16.4. The fourth-order valence-corrected chi connectivity index (χ4v) is 3.72. The van der Waals surface area contributed by atoms with E-state index in [1.165, 1.54) is 28.9 Å². The smallest absolute Gasteiger partial charge is 0.444 e. The number of benzene rings is 1. The molecule has 0 spiro atoms. The normalized spacial score (nSPS) is 18.1. The number of nitrogens with one attached hydrogen (secondary N) is 2. The largest absolute Gasteiger partial charge is 0.573 e. The first-order valence-corrected chi connectivity index (χ1v) is 11.0. The van der Waals surface area contributed by atoms with E-state index >= 15 is 0 Å². The van der Waals surface area contributed by atoms with Gasteiger partial charge < -0.3 is 25.2 Å². The van der Waals surface area contributed by atoms with Gasteiger partial charge in [-0.3, -0.25) is 0 Å². The van der Waals surface area contributed by atoms with E-state index in [1.807, 2.05) is 0 Å². The molecule has 2 aromatic heterocycles. The van der Waals surface area contributed by atoms with Crippen molar-refractivity contribution in [1.82, 2.24) is 20.1 Å². The predicted molar refractivity (Wildman–Crippen MR) is 121 cm³/mol. The molecule has 1 fully saturated rings. The lowest BCUT2D eigenvalue weighted by atomic mass is 9.89. The van der Waals surface area contributed by atoms with Crippen LogP contribution in [0.1, 0.15) is 39.3 Å². The highest BCUT2D eigenvalue weighted by molar-refractivity contribution is 5.92. The second kappa shape index (κ2) is 9.25. The van der Waals surface area contributed by atoms with Gasteiger partial charge in [-0.05, 0) is 63.9 Å². The van der Waals surface area contributed by atoms with Crippen LogP contribution in [-0.2, 0) is 11.3 Å². The summed E-state index contributed by atoms with van der Waals surface area (Å²) in [5.41, 5.74) is 1.43. The number of aliphatic hydroxyl groups is 1. The van der Waals surface area contributed by atoms with Gasteiger partial charge in [0.05, 0.1) is 29.4 Å². The van der Waals surface area contributed by atoms with Gasteiger partial charge >= 0.3 is 12.5 Å². The summed E-state index contributed by atoms with van der Waals surface area (Å²) >= 11 is 0. The summed E-state index contributed by atoms with van der Waals surface area (Å²) in [4.78, 5) is 16.6. The van der Waals surface area contributed by atoms with Crippen molar-refractivity contribution < 1.29 is 32.5 Å². The molecule has 3 aromatic rings. The Hall–Kier alpha value is -3.54. The van der Waals surface area contributed by atoms with Gasteiger partial charge in [-0.15, -0.1) is 13.2 Å². The van der Waals surface area contributed by atoms with E-state index < -0.39 is 18.1 Å². The highest BCUT2D eigenvalue weighted by atomic mass is 19.4. The van der Waals surface area contributed by atoms with E-state index in [-0.39, 0.29) is 24.4 Å². The molecule has 0 bridgehead atoms. The van der Waals surface area contributed by atoms with Crippen molar-refractivity contribution in [2.24, 2.45) is 0 Å². The van der Waals surface area contributed by atoms with Crippen LogP contribution in [0.3, 0.4) is 0 Å². The molecule has 1 aromatic carbocycles. The highest BCUT2D eigenvalue weighted by Gasteiger charge is 2.31. The average molecular weight is 493 g/mol. The number of aromatic nitrogens is 3. The standard InChI is InChI=1S/C23H26F3N5O4/c1-22(2,3)35-21(33)28-12-18-19-17(29-13-10-15(32)11-13)8-9-27-20(19)31(30-18)14-4-6-16(7-5-14)34-23(24,25)26/h4-9,13,15,32H,10-12H2,1-3H3,(H,27,29)(H,28,33). The van der Waals surface area contributed by atoms with Gasteiger partial charge in [0.15, 0.2) is 5.65 Å². The van der Waals surface area contributed by atoms with Crippen molar-refractivity contribution in [3.8, 4) is 11.4 Å². The number of anilines is 1. The first kappa shape index (κ1) is 24.6. The lowest BCUT2D eigenvalue weighted by Gasteiger charge is -2.33. The van der Waals surface area contributed by atoms with E-state index in [0.717, 1.165) is 5.69 Å². The molecule has 0 aliphatic heterocycles. The van der Waals surface area contributed by atoms with Crippen molar-refractivity contribution in [3.05, 3.63) is 42.2 Å². The zero-order valence-electron chi connectivity index (χ0n) is 19.4. The maximum absolute atomic E-state index is 12.5. The van der Waals surface area contributed by atoms with Gasteiger partial charge in [-0.2, -0.15) is 5.10 Å². The topological polar surface area (TPSA) is 111 Å². The Morgan fingerprint density at radius 2 is 1.86 bits per heavy atom. The lowest BCUT2D eigenvalue weighted by Crippen LogP contribution is -2.39. The van der Waals surface area contributed by atoms with Gasteiger partial charge in [-0.1, -0.05) is 0 Å². The van der Waals surface area contributed by atoms with Gasteiger partial charge in [-0.25, -0.2) is 14.5 Å². The van der Waals surface area contributed by atoms with Crippen LogP contribution in [0.2, 0.25) is 0 Å². The lowest BCUT2D eigenvalue weighted by molar-refractivity contribution is -0.274. The maximum Gasteiger partial charge on any atom is 0.573 e. The number of hydrogen-bond donors (Lipinski definition) is 3. The Bertz CT molecular complexity index is 1200. The molecule has 1 amide bonds. The van der Waals surface area contributed by atoms with Crippen molar-refractivity contribution in [2.75, 3.05) is 5.32 Å². The van der Waals surface area contributed by atoms with Gasteiger partial charge in [0, 0.05) is 17.9 Å². The van der Waals surface area contributed by atoms with Crippen molar-refractivity contribution in [1.29, 1.82) is 0 Å². The summed E-state index contributed by atoms with van der Waals surface area (Å²) in [6.45, 7) is 5.28.